The summed E-state index contributed by atoms with van der Waals surface area (Å²) in [6.07, 6.45) is -3.26. The number of benzene rings is 4. The maximum absolute atomic E-state index is 12.7. The van der Waals surface area contributed by atoms with Crippen LogP contribution >= 0.6 is 0 Å². The van der Waals surface area contributed by atoms with E-state index in [2.05, 4.69) is 0 Å². The molecule has 0 aliphatic carbocycles. The summed E-state index contributed by atoms with van der Waals surface area (Å²) in [5.41, 5.74) is 3.85. The van der Waals surface area contributed by atoms with Gasteiger partial charge < -0.3 is 33.2 Å². The summed E-state index contributed by atoms with van der Waals surface area (Å²) in [7, 11) is 0. The average Bonchev–Trinajstić information content (AvgIpc) is 3.61. The van der Waals surface area contributed by atoms with Gasteiger partial charge in [0.05, 0.1) is 39.6 Å². The molecule has 1 heterocycles. The van der Waals surface area contributed by atoms with Gasteiger partial charge in [-0.1, -0.05) is 121 Å². The zero-order valence-corrected chi connectivity index (χ0v) is 24.1. The molecule has 7 heteroatoms. The van der Waals surface area contributed by atoms with Crippen molar-refractivity contribution in [1.29, 1.82) is 0 Å². The molecule has 0 saturated carbocycles. The second kappa shape index (κ2) is 16.8. The number of rotatable bonds is 17. The fourth-order valence-electron chi connectivity index (χ4n) is 4.93. The van der Waals surface area contributed by atoms with E-state index in [1.807, 2.05) is 121 Å². The van der Waals surface area contributed by atoms with E-state index < -0.39 is 30.7 Å². The summed E-state index contributed by atoms with van der Waals surface area (Å²) in [4.78, 5) is 12.7. The minimum absolute atomic E-state index is 0.229. The number of ether oxygens (including phenoxy) is 6. The van der Waals surface area contributed by atoms with E-state index in [-0.39, 0.29) is 19.8 Å². The Morgan fingerprint density at radius 2 is 0.907 bits per heavy atom. The Labute approximate surface area is 253 Å². The highest BCUT2D eigenvalue weighted by Gasteiger charge is 2.44. The van der Waals surface area contributed by atoms with Crippen LogP contribution in [0.4, 0.5) is 0 Å². The highest BCUT2D eigenvalue weighted by molar-refractivity contribution is 5.57. The van der Waals surface area contributed by atoms with Crippen LogP contribution in [0, 0.1) is 0 Å². The van der Waals surface area contributed by atoms with Gasteiger partial charge in [-0.3, -0.25) is 0 Å². The molecular weight excluding hydrogens is 544 g/mol. The van der Waals surface area contributed by atoms with Crippen molar-refractivity contribution in [3.63, 3.8) is 0 Å². The predicted molar refractivity (Wildman–Crippen MR) is 162 cm³/mol. The van der Waals surface area contributed by atoms with E-state index in [0.29, 0.717) is 19.8 Å². The maximum atomic E-state index is 12.7. The molecule has 4 aromatic rings. The van der Waals surface area contributed by atoms with Crippen molar-refractivity contribution in [3.8, 4) is 0 Å². The lowest BCUT2D eigenvalue weighted by molar-refractivity contribution is -0.235. The predicted octanol–water partition coefficient (Wildman–Crippen LogP) is 5.90. The van der Waals surface area contributed by atoms with E-state index in [1.54, 1.807) is 0 Å². The van der Waals surface area contributed by atoms with Gasteiger partial charge in [0.1, 0.15) is 24.4 Å². The fraction of sp³-hybridized carbons (Fsp3) is 0.306. The van der Waals surface area contributed by atoms with Gasteiger partial charge in [0.25, 0.3) is 0 Å². The van der Waals surface area contributed by atoms with Crippen molar-refractivity contribution >= 4 is 6.29 Å². The summed E-state index contributed by atoms with van der Waals surface area (Å²) < 4.78 is 37.9. The lowest BCUT2D eigenvalue weighted by Crippen LogP contribution is -2.54. The molecule has 0 radical (unpaired) electrons. The Bertz CT molecular complexity index is 1320. The van der Waals surface area contributed by atoms with Crippen LogP contribution in [0.25, 0.3) is 0 Å². The molecule has 0 unspecified atom stereocenters. The van der Waals surface area contributed by atoms with Crippen LogP contribution < -0.4 is 0 Å². The number of hydrogen-bond acceptors (Lipinski definition) is 7. The molecule has 0 aromatic heterocycles. The molecule has 0 amide bonds. The number of aldehydes is 1. The SMILES string of the molecule is O=C[C@@H](OCc1ccccc1)[C@@H](OCc1ccccc1)[C@@H](OCc1ccccc1)[C@H](OCc1ccccc1)C1OCCO1. The topological polar surface area (TPSA) is 72.5 Å². The van der Waals surface area contributed by atoms with E-state index in [9.17, 15) is 4.79 Å². The molecule has 0 bridgehead atoms. The molecule has 1 aliphatic rings. The molecule has 4 aromatic carbocycles. The fourth-order valence-corrected chi connectivity index (χ4v) is 4.93. The van der Waals surface area contributed by atoms with Crippen LogP contribution in [-0.4, -0.2) is 50.2 Å². The van der Waals surface area contributed by atoms with E-state index in [1.165, 1.54) is 0 Å². The second-order valence-corrected chi connectivity index (χ2v) is 10.3. The summed E-state index contributed by atoms with van der Waals surface area (Å²) in [6.45, 7) is 1.89. The molecule has 5 rings (SSSR count). The summed E-state index contributed by atoms with van der Waals surface area (Å²) in [5.74, 6) is 0. The first-order valence-electron chi connectivity index (χ1n) is 14.6. The summed E-state index contributed by atoms with van der Waals surface area (Å²) in [5, 5.41) is 0. The van der Waals surface area contributed by atoms with Gasteiger partial charge in [0.15, 0.2) is 12.6 Å². The van der Waals surface area contributed by atoms with Gasteiger partial charge in [0, 0.05) is 0 Å². The first kappa shape index (κ1) is 30.8. The molecule has 0 N–H and O–H groups in total. The molecule has 7 nitrogen and oxygen atoms in total. The highest BCUT2D eigenvalue weighted by Crippen LogP contribution is 2.27. The minimum atomic E-state index is -0.964. The monoisotopic (exact) mass is 582 g/mol. The number of carbonyl (C=O) groups excluding carboxylic acids is 1. The van der Waals surface area contributed by atoms with Crippen LogP contribution in [0.15, 0.2) is 121 Å². The van der Waals surface area contributed by atoms with Crippen LogP contribution in [0.5, 0.6) is 0 Å². The number of hydrogen-bond donors (Lipinski definition) is 0. The third kappa shape index (κ3) is 9.40. The minimum Gasteiger partial charge on any atom is -0.368 e. The lowest BCUT2D eigenvalue weighted by Gasteiger charge is -2.37. The standard InChI is InChI=1S/C36H38O7/c37-23-32(40-24-28-13-5-1-6-14-28)33(41-25-29-15-7-2-8-16-29)34(42-26-30-17-9-3-10-18-30)35(36-38-21-22-39-36)43-27-31-19-11-4-12-20-31/h1-20,23,32-36H,21-22,24-27H2/t32-,33-,34-,35+/m1/s1. The Balaban J connectivity index is 1.46. The molecule has 224 valence electrons. The van der Waals surface area contributed by atoms with E-state index >= 15 is 0 Å². The molecule has 1 saturated heterocycles. The Hall–Kier alpha value is -3.69. The molecule has 1 aliphatic heterocycles. The van der Waals surface area contributed by atoms with Crippen molar-refractivity contribution in [2.24, 2.45) is 0 Å². The van der Waals surface area contributed by atoms with Crippen LogP contribution in [-0.2, 0) is 59.6 Å². The third-order valence-corrected chi connectivity index (χ3v) is 7.16. The van der Waals surface area contributed by atoms with Gasteiger partial charge in [-0.25, -0.2) is 0 Å². The maximum Gasteiger partial charge on any atom is 0.186 e. The van der Waals surface area contributed by atoms with E-state index in [0.717, 1.165) is 28.5 Å². The summed E-state index contributed by atoms with van der Waals surface area (Å²) in [6, 6.07) is 39.3. The second-order valence-electron chi connectivity index (χ2n) is 10.3. The first-order chi connectivity index (χ1) is 21.3. The van der Waals surface area contributed by atoms with Gasteiger partial charge in [-0.15, -0.1) is 0 Å². The van der Waals surface area contributed by atoms with Gasteiger partial charge in [-0.2, -0.15) is 0 Å². The Morgan fingerprint density at radius 1 is 0.535 bits per heavy atom. The Kier molecular flexibility index (Phi) is 12.0. The zero-order valence-electron chi connectivity index (χ0n) is 24.1. The molecule has 1 fully saturated rings. The number of carbonyl (C=O) groups is 1. The van der Waals surface area contributed by atoms with Crippen molar-refractivity contribution < 1.29 is 33.2 Å². The van der Waals surface area contributed by atoms with Crippen molar-refractivity contribution in [2.75, 3.05) is 13.2 Å². The van der Waals surface area contributed by atoms with Crippen molar-refractivity contribution in [3.05, 3.63) is 144 Å². The van der Waals surface area contributed by atoms with Crippen LogP contribution in [0.2, 0.25) is 0 Å². The van der Waals surface area contributed by atoms with Crippen molar-refractivity contribution in [1.82, 2.24) is 0 Å². The van der Waals surface area contributed by atoms with E-state index in [4.69, 9.17) is 28.4 Å². The van der Waals surface area contributed by atoms with Gasteiger partial charge in [-0.05, 0) is 22.3 Å². The largest absolute Gasteiger partial charge is 0.368 e. The van der Waals surface area contributed by atoms with Crippen LogP contribution in [0.1, 0.15) is 22.3 Å². The van der Waals surface area contributed by atoms with Gasteiger partial charge >= 0.3 is 0 Å². The highest BCUT2D eigenvalue weighted by atomic mass is 16.7. The normalized spacial score (nSPS) is 16.4. The quantitative estimate of drug-likeness (QED) is 0.144. The smallest absolute Gasteiger partial charge is 0.186 e. The van der Waals surface area contributed by atoms with Crippen LogP contribution in [0.3, 0.4) is 0 Å². The zero-order chi connectivity index (χ0) is 29.5. The molecule has 4 atom stereocenters. The average molecular weight is 583 g/mol. The third-order valence-electron chi connectivity index (χ3n) is 7.16. The van der Waals surface area contributed by atoms with Gasteiger partial charge in [0.2, 0.25) is 0 Å². The molecular formula is C36H38O7. The summed E-state index contributed by atoms with van der Waals surface area (Å²) >= 11 is 0. The molecule has 0 spiro atoms. The van der Waals surface area contributed by atoms with Crippen molar-refractivity contribution in [2.45, 2.75) is 57.1 Å². The Morgan fingerprint density at radius 3 is 1.33 bits per heavy atom. The lowest BCUT2D eigenvalue weighted by atomic mass is 10.0. The molecule has 43 heavy (non-hydrogen) atoms. The first-order valence-corrected chi connectivity index (χ1v) is 14.6.